The van der Waals surface area contributed by atoms with Crippen LogP contribution in [0.4, 0.5) is 18.0 Å². The van der Waals surface area contributed by atoms with E-state index in [-0.39, 0.29) is 12.4 Å². The average molecular weight is 333 g/mol. The molecule has 1 aromatic rings. The molecule has 0 aliphatic carbocycles. The van der Waals surface area contributed by atoms with Crippen LogP contribution in [-0.2, 0) is 11.3 Å². The number of carbonyl (C=O) groups excluding carboxylic acids is 1. The Balaban J connectivity index is 1.78. The van der Waals surface area contributed by atoms with Gasteiger partial charge in [-0.1, -0.05) is 6.07 Å². The third-order valence-corrected chi connectivity index (χ3v) is 3.24. The highest BCUT2D eigenvalue weighted by molar-refractivity contribution is 5.73. The quantitative estimate of drug-likeness (QED) is 0.833. The number of urea groups is 1. The molecule has 1 aliphatic rings. The van der Waals surface area contributed by atoms with E-state index in [0.29, 0.717) is 31.2 Å². The number of aromatic nitrogens is 1. The van der Waals surface area contributed by atoms with Crippen molar-refractivity contribution < 1.29 is 27.4 Å². The van der Waals surface area contributed by atoms with E-state index in [1.54, 1.807) is 12.1 Å². The number of ether oxygens (including phenoxy) is 2. The summed E-state index contributed by atoms with van der Waals surface area (Å²) in [5.41, 5.74) is 0.371. The van der Waals surface area contributed by atoms with Crippen LogP contribution in [0.2, 0.25) is 0 Å². The number of nitrogens with zero attached hydrogens (tertiary/aromatic N) is 1. The highest BCUT2D eigenvalue weighted by Gasteiger charge is 2.29. The van der Waals surface area contributed by atoms with Crippen LogP contribution >= 0.6 is 0 Å². The van der Waals surface area contributed by atoms with E-state index in [0.717, 1.165) is 6.42 Å². The maximum atomic E-state index is 12.2. The molecule has 9 heteroatoms. The fraction of sp³-hybridized carbons (Fsp3) is 0.571. The third-order valence-electron chi connectivity index (χ3n) is 3.24. The summed E-state index contributed by atoms with van der Waals surface area (Å²) in [4.78, 5) is 15.5. The van der Waals surface area contributed by atoms with Crippen molar-refractivity contribution >= 4 is 6.03 Å². The van der Waals surface area contributed by atoms with Crippen LogP contribution in [0.15, 0.2) is 18.3 Å². The van der Waals surface area contributed by atoms with Crippen molar-refractivity contribution in [2.75, 3.05) is 26.4 Å². The molecule has 2 rings (SSSR count). The maximum Gasteiger partial charge on any atom is 0.422 e. The molecule has 0 bridgehead atoms. The van der Waals surface area contributed by atoms with Crippen LogP contribution in [0.3, 0.4) is 0 Å². The number of hydrogen-bond donors (Lipinski definition) is 2. The van der Waals surface area contributed by atoms with E-state index in [2.05, 4.69) is 20.4 Å². The van der Waals surface area contributed by atoms with E-state index in [9.17, 15) is 18.0 Å². The van der Waals surface area contributed by atoms with Gasteiger partial charge in [-0.15, -0.1) is 0 Å². The SMILES string of the molecule is O=C(NCc1cccnc1OCC(F)(F)F)NC[C@H]1CCOC1. The highest BCUT2D eigenvalue weighted by atomic mass is 19.4. The number of nitrogens with one attached hydrogen (secondary N) is 2. The minimum atomic E-state index is -4.44. The number of alkyl halides is 3. The fourth-order valence-corrected chi connectivity index (χ4v) is 2.06. The Labute approximate surface area is 131 Å². The Morgan fingerprint density at radius 3 is 2.96 bits per heavy atom. The molecule has 23 heavy (non-hydrogen) atoms. The zero-order valence-corrected chi connectivity index (χ0v) is 12.4. The van der Waals surface area contributed by atoms with Crippen LogP contribution < -0.4 is 15.4 Å². The Bertz CT molecular complexity index is 519. The van der Waals surface area contributed by atoms with Gasteiger partial charge in [-0.3, -0.25) is 0 Å². The summed E-state index contributed by atoms with van der Waals surface area (Å²) in [7, 11) is 0. The molecular formula is C14H18F3N3O3. The van der Waals surface area contributed by atoms with E-state index in [1.807, 2.05) is 0 Å². The Hall–Kier alpha value is -2.03. The summed E-state index contributed by atoms with van der Waals surface area (Å²) >= 11 is 0. The van der Waals surface area contributed by atoms with E-state index < -0.39 is 18.8 Å². The fourth-order valence-electron chi connectivity index (χ4n) is 2.06. The molecule has 1 saturated heterocycles. The second-order valence-corrected chi connectivity index (χ2v) is 5.16. The zero-order chi connectivity index (χ0) is 16.7. The molecule has 2 N–H and O–H groups in total. The van der Waals surface area contributed by atoms with Crippen molar-refractivity contribution in [3.63, 3.8) is 0 Å². The molecule has 0 saturated carbocycles. The topological polar surface area (TPSA) is 72.5 Å². The predicted octanol–water partition coefficient (Wildman–Crippen LogP) is 1.86. The molecule has 1 aromatic heterocycles. The molecule has 0 spiro atoms. The van der Waals surface area contributed by atoms with Gasteiger partial charge in [0.25, 0.3) is 0 Å². The summed E-state index contributed by atoms with van der Waals surface area (Å²) < 4.78 is 46.4. The first-order valence-corrected chi connectivity index (χ1v) is 7.17. The molecule has 0 radical (unpaired) electrons. The van der Waals surface area contributed by atoms with Gasteiger partial charge in [-0.2, -0.15) is 13.2 Å². The summed E-state index contributed by atoms with van der Waals surface area (Å²) in [6.45, 7) is 0.414. The Kier molecular flexibility index (Phi) is 6.03. The molecule has 2 heterocycles. The number of rotatable bonds is 6. The van der Waals surface area contributed by atoms with Crippen LogP contribution in [0.25, 0.3) is 0 Å². The van der Waals surface area contributed by atoms with E-state index in [1.165, 1.54) is 6.20 Å². The van der Waals surface area contributed by atoms with Gasteiger partial charge in [0.2, 0.25) is 5.88 Å². The number of hydrogen-bond acceptors (Lipinski definition) is 4. The van der Waals surface area contributed by atoms with Crippen LogP contribution in [-0.4, -0.2) is 43.6 Å². The molecular weight excluding hydrogens is 315 g/mol. The molecule has 128 valence electrons. The lowest BCUT2D eigenvalue weighted by Crippen LogP contribution is -2.38. The molecule has 0 aromatic carbocycles. The molecule has 2 amide bonds. The second-order valence-electron chi connectivity index (χ2n) is 5.16. The van der Waals surface area contributed by atoms with Gasteiger partial charge in [0.15, 0.2) is 6.61 Å². The average Bonchev–Trinajstić information content (AvgIpc) is 3.02. The van der Waals surface area contributed by atoms with Crippen LogP contribution in [0.1, 0.15) is 12.0 Å². The standard InChI is InChI=1S/C14H18F3N3O3/c15-14(16,17)9-23-12-11(2-1-4-18-12)7-20-13(21)19-6-10-3-5-22-8-10/h1-2,4,10H,3,5-9H2,(H2,19,20,21)/t10-/m1/s1. The van der Waals surface area contributed by atoms with Gasteiger partial charge in [-0.05, 0) is 12.5 Å². The van der Waals surface area contributed by atoms with E-state index >= 15 is 0 Å². The number of halogens is 3. The molecule has 1 aliphatic heterocycles. The number of pyridine rings is 1. The van der Waals surface area contributed by atoms with Crippen molar-refractivity contribution in [3.05, 3.63) is 23.9 Å². The van der Waals surface area contributed by atoms with Crippen molar-refractivity contribution in [3.8, 4) is 5.88 Å². The number of amides is 2. The smallest absolute Gasteiger partial charge is 0.422 e. The largest absolute Gasteiger partial charge is 0.468 e. The summed E-state index contributed by atoms with van der Waals surface area (Å²) in [6.07, 6.45) is -2.21. The highest BCUT2D eigenvalue weighted by Crippen LogP contribution is 2.19. The Morgan fingerprint density at radius 2 is 2.26 bits per heavy atom. The van der Waals surface area contributed by atoms with E-state index in [4.69, 9.17) is 4.74 Å². The predicted molar refractivity (Wildman–Crippen MR) is 75.0 cm³/mol. The summed E-state index contributed by atoms with van der Waals surface area (Å²) in [5.74, 6) is 0.152. The van der Waals surface area contributed by atoms with Gasteiger partial charge in [0, 0.05) is 37.4 Å². The molecule has 0 unspecified atom stereocenters. The van der Waals surface area contributed by atoms with Crippen molar-refractivity contribution in [2.45, 2.75) is 19.1 Å². The lowest BCUT2D eigenvalue weighted by molar-refractivity contribution is -0.154. The third kappa shape index (κ3) is 6.31. The lowest BCUT2D eigenvalue weighted by atomic mass is 10.1. The maximum absolute atomic E-state index is 12.2. The van der Waals surface area contributed by atoms with Crippen LogP contribution in [0.5, 0.6) is 5.88 Å². The van der Waals surface area contributed by atoms with Crippen LogP contribution in [0, 0.1) is 5.92 Å². The first kappa shape index (κ1) is 17.3. The first-order chi connectivity index (χ1) is 10.9. The minimum Gasteiger partial charge on any atom is -0.468 e. The molecule has 1 fully saturated rings. The van der Waals surface area contributed by atoms with Gasteiger partial charge in [0.05, 0.1) is 6.61 Å². The van der Waals surface area contributed by atoms with Gasteiger partial charge < -0.3 is 20.1 Å². The van der Waals surface area contributed by atoms with Crippen molar-refractivity contribution in [1.82, 2.24) is 15.6 Å². The van der Waals surface area contributed by atoms with Gasteiger partial charge in [0.1, 0.15) is 0 Å². The second kappa shape index (κ2) is 8.00. The first-order valence-electron chi connectivity index (χ1n) is 7.17. The number of carbonyl (C=O) groups is 1. The zero-order valence-electron chi connectivity index (χ0n) is 12.4. The van der Waals surface area contributed by atoms with Crippen molar-refractivity contribution in [2.24, 2.45) is 5.92 Å². The van der Waals surface area contributed by atoms with Gasteiger partial charge in [-0.25, -0.2) is 9.78 Å². The normalized spacial score (nSPS) is 17.8. The summed E-state index contributed by atoms with van der Waals surface area (Å²) in [5, 5.41) is 5.27. The summed E-state index contributed by atoms with van der Waals surface area (Å²) in [6, 6.07) is 2.71. The van der Waals surface area contributed by atoms with Crippen molar-refractivity contribution in [1.29, 1.82) is 0 Å². The van der Waals surface area contributed by atoms with Gasteiger partial charge >= 0.3 is 12.2 Å². The lowest BCUT2D eigenvalue weighted by Gasteiger charge is -2.13. The minimum absolute atomic E-state index is 0.0219. The molecule has 6 nitrogen and oxygen atoms in total. The monoisotopic (exact) mass is 333 g/mol. The Morgan fingerprint density at radius 1 is 1.43 bits per heavy atom. The molecule has 1 atom stereocenters.